The van der Waals surface area contributed by atoms with Crippen LogP contribution in [0.2, 0.25) is 0 Å². The number of carbonyl (C=O) groups excluding carboxylic acids is 1. The van der Waals surface area contributed by atoms with Gasteiger partial charge in [-0.05, 0) is 53.0 Å². The molecule has 0 fully saturated rings. The molecule has 0 unspecified atom stereocenters. The Bertz CT molecular complexity index is 772. The van der Waals surface area contributed by atoms with Gasteiger partial charge in [-0.3, -0.25) is 4.79 Å². The first-order valence-electron chi connectivity index (χ1n) is 11.0. The largest absolute Gasteiger partial charge is 0.462 e. The molecule has 1 N–H and O–H groups in total. The average Bonchev–Trinajstić information content (AvgIpc) is 2.66. The predicted molar refractivity (Wildman–Crippen MR) is 134 cm³/mol. The van der Waals surface area contributed by atoms with E-state index >= 15 is 0 Å². The topological polar surface area (TPSA) is 46.5 Å². The third-order valence-electron chi connectivity index (χ3n) is 4.97. The summed E-state index contributed by atoms with van der Waals surface area (Å²) in [5, 5.41) is 10.6. The maximum absolute atomic E-state index is 11.1. The standard InChI is InChI=1S/C28H42O3/c1-10-13-20(2)14-11-15-21(3)16-12-17-22(4)18-23(5)19-24(6)28(30)25(7)26(8)31-27(9)29/h10-19,23,25-26,28,30H,1-9H3/b13-10-,15-11+,17-12+,20-14+,21-16+,22-18+,24-19+/t23-,25-,26+,28+/m1/s1. The highest BCUT2D eigenvalue weighted by Crippen LogP contribution is 2.20. The fraction of sp³-hybridized carbons (Fsp3) is 0.464. The summed E-state index contributed by atoms with van der Waals surface area (Å²) in [7, 11) is 0. The molecule has 0 bridgehead atoms. The lowest BCUT2D eigenvalue weighted by molar-refractivity contribution is -0.149. The maximum Gasteiger partial charge on any atom is 0.302 e. The Labute approximate surface area is 190 Å². The van der Waals surface area contributed by atoms with Crippen LogP contribution in [-0.4, -0.2) is 23.3 Å². The Morgan fingerprint density at radius 2 is 1.32 bits per heavy atom. The lowest BCUT2D eigenvalue weighted by Crippen LogP contribution is -2.31. The Hall–Kier alpha value is -2.39. The second-order valence-corrected chi connectivity index (χ2v) is 8.34. The van der Waals surface area contributed by atoms with Gasteiger partial charge in [0.15, 0.2) is 0 Å². The van der Waals surface area contributed by atoms with Crippen molar-refractivity contribution in [2.24, 2.45) is 11.8 Å². The van der Waals surface area contributed by atoms with Gasteiger partial charge in [0.05, 0.1) is 6.10 Å². The number of allylic oxidation sites excluding steroid dienone is 13. The first-order chi connectivity index (χ1) is 14.5. The number of esters is 1. The molecule has 0 aliphatic carbocycles. The number of carbonyl (C=O) groups is 1. The number of hydrogen-bond acceptors (Lipinski definition) is 3. The third kappa shape index (κ3) is 13.5. The molecule has 0 aromatic carbocycles. The molecule has 0 amide bonds. The normalized spacial score (nSPS) is 18.6. The third-order valence-corrected chi connectivity index (χ3v) is 4.97. The van der Waals surface area contributed by atoms with Crippen molar-refractivity contribution in [3.63, 3.8) is 0 Å². The summed E-state index contributed by atoms with van der Waals surface area (Å²) in [5.41, 5.74) is 4.44. The number of aliphatic hydroxyl groups is 1. The van der Waals surface area contributed by atoms with E-state index in [1.165, 1.54) is 18.1 Å². The monoisotopic (exact) mass is 426 g/mol. The summed E-state index contributed by atoms with van der Waals surface area (Å²) in [6, 6.07) is 0. The van der Waals surface area contributed by atoms with Crippen LogP contribution in [0.4, 0.5) is 0 Å². The Kier molecular flexibility index (Phi) is 14.2. The molecular weight excluding hydrogens is 384 g/mol. The Balaban J connectivity index is 4.97. The highest BCUT2D eigenvalue weighted by molar-refractivity contribution is 5.66. The van der Waals surface area contributed by atoms with Crippen LogP contribution in [0.15, 0.2) is 83.1 Å². The van der Waals surface area contributed by atoms with E-state index in [2.05, 4.69) is 82.4 Å². The second kappa shape index (κ2) is 15.4. The molecule has 3 nitrogen and oxygen atoms in total. The predicted octanol–water partition coefficient (Wildman–Crippen LogP) is 7.04. The molecule has 0 aliphatic heterocycles. The summed E-state index contributed by atoms with van der Waals surface area (Å²) >= 11 is 0. The van der Waals surface area contributed by atoms with Crippen LogP contribution < -0.4 is 0 Å². The van der Waals surface area contributed by atoms with Crippen molar-refractivity contribution >= 4 is 5.97 Å². The molecule has 0 radical (unpaired) electrons. The van der Waals surface area contributed by atoms with Gasteiger partial charge in [0.25, 0.3) is 0 Å². The summed E-state index contributed by atoms with van der Waals surface area (Å²) in [6.07, 6.45) is 19.8. The Morgan fingerprint density at radius 1 is 0.806 bits per heavy atom. The lowest BCUT2D eigenvalue weighted by atomic mass is 9.91. The van der Waals surface area contributed by atoms with E-state index < -0.39 is 6.10 Å². The molecule has 0 aromatic heterocycles. The summed E-state index contributed by atoms with van der Waals surface area (Å²) in [4.78, 5) is 11.1. The molecule has 0 saturated heterocycles. The van der Waals surface area contributed by atoms with Crippen molar-refractivity contribution in [3.05, 3.63) is 83.1 Å². The molecular formula is C28H42O3. The summed E-state index contributed by atoms with van der Waals surface area (Å²) in [6.45, 7) is 17.3. The van der Waals surface area contributed by atoms with Crippen LogP contribution in [-0.2, 0) is 9.53 Å². The van der Waals surface area contributed by atoms with E-state index in [1.54, 1.807) is 0 Å². The second-order valence-electron chi connectivity index (χ2n) is 8.34. The van der Waals surface area contributed by atoms with E-state index in [0.29, 0.717) is 0 Å². The quantitative estimate of drug-likeness (QED) is 0.219. The first kappa shape index (κ1) is 28.6. The first-order valence-corrected chi connectivity index (χ1v) is 11.0. The van der Waals surface area contributed by atoms with Crippen molar-refractivity contribution in [1.82, 2.24) is 0 Å². The van der Waals surface area contributed by atoms with Gasteiger partial charge >= 0.3 is 5.97 Å². The Morgan fingerprint density at radius 3 is 1.84 bits per heavy atom. The maximum atomic E-state index is 11.1. The highest BCUT2D eigenvalue weighted by atomic mass is 16.5. The fourth-order valence-electron chi connectivity index (χ4n) is 3.15. The summed E-state index contributed by atoms with van der Waals surface area (Å²) < 4.78 is 5.20. The van der Waals surface area contributed by atoms with Gasteiger partial charge in [-0.25, -0.2) is 0 Å². The van der Waals surface area contributed by atoms with Crippen LogP contribution >= 0.6 is 0 Å². The molecule has 172 valence electrons. The van der Waals surface area contributed by atoms with E-state index in [1.807, 2.05) is 33.8 Å². The number of rotatable bonds is 11. The molecule has 0 aliphatic rings. The van der Waals surface area contributed by atoms with E-state index in [0.717, 1.165) is 11.1 Å². The smallest absolute Gasteiger partial charge is 0.302 e. The number of ether oxygens (including phenoxy) is 1. The van der Waals surface area contributed by atoms with Gasteiger partial charge < -0.3 is 9.84 Å². The van der Waals surface area contributed by atoms with Gasteiger partial charge in [0.2, 0.25) is 0 Å². The van der Waals surface area contributed by atoms with E-state index in [4.69, 9.17) is 4.74 Å². The van der Waals surface area contributed by atoms with Crippen molar-refractivity contribution < 1.29 is 14.6 Å². The van der Waals surface area contributed by atoms with Crippen LogP contribution in [0.5, 0.6) is 0 Å². The van der Waals surface area contributed by atoms with Gasteiger partial charge in [-0.15, -0.1) is 0 Å². The molecule has 0 heterocycles. The minimum absolute atomic E-state index is 0.171. The van der Waals surface area contributed by atoms with E-state index in [9.17, 15) is 9.90 Å². The van der Waals surface area contributed by atoms with Crippen molar-refractivity contribution in [1.29, 1.82) is 0 Å². The number of aliphatic hydroxyl groups excluding tert-OH is 1. The van der Waals surface area contributed by atoms with Crippen molar-refractivity contribution in [2.75, 3.05) is 0 Å². The van der Waals surface area contributed by atoms with Crippen LogP contribution in [0, 0.1) is 11.8 Å². The van der Waals surface area contributed by atoms with Crippen LogP contribution in [0.25, 0.3) is 0 Å². The fourth-order valence-corrected chi connectivity index (χ4v) is 3.15. The lowest BCUT2D eigenvalue weighted by Gasteiger charge is -2.25. The molecule has 0 saturated carbocycles. The van der Waals surface area contributed by atoms with Crippen LogP contribution in [0.1, 0.15) is 62.3 Å². The zero-order valence-electron chi connectivity index (χ0n) is 20.8. The highest BCUT2D eigenvalue weighted by Gasteiger charge is 2.24. The molecule has 3 heteroatoms. The van der Waals surface area contributed by atoms with Gasteiger partial charge in [-0.1, -0.05) is 91.3 Å². The minimum Gasteiger partial charge on any atom is -0.462 e. The molecule has 4 atom stereocenters. The minimum atomic E-state index is -0.649. The number of hydrogen-bond donors (Lipinski definition) is 1. The molecule has 31 heavy (non-hydrogen) atoms. The molecule has 0 aromatic rings. The molecule has 0 rings (SSSR count). The van der Waals surface area contributed by atoms with Gasteiger partial charge in [0, 0.05) is 12.8 Å². The average molecular weight is 427 g/mol. The van der Waals surface area contributed by atoms with Crippen molar-refractivity contribution in [2.45, 2.75) is 74.5 Å². The van der Waals surface area contributed by atoms with Crippen molar-refractivity contribution in [3.8, 4) is 0 Å². The summed E-state index contributed by atoms with van der Waals surface area (Å²) in [5.74, 6) is -0.317. The zero-order chi connectivity index (χ0) is 24.0. The molecule has 0 spiro atoms. The van der Waals surface area contributed by atoms with Crippen LogP contribution in [0.3, 0.4) is 0 Å². The van der Waals surface area contributed by atoms with Gasteiger partial charge in [0.1, 0.15) is 6.10 Å². The van der Waals surface area contributed by atoms with Gasteiger partial charge in [-0.2, -0.15) is 0 Å². The van der Waals surface area contributed by atoms with E-state index in [-0.39, 0.29) is 23.9 Å². The SMILES string of the molecule is C\C=C/C(C)=C/C=C/C(C)=C/C=C/C(C)=C/[C@@H](C)/C=C(\C)[C@H](O)[C@H](C)[C@H](C)OC(C)=O. The zero-order valence-corrected chi connectivity index (χ0v) is 20.8.